The molecule has 2 N–H and O–H groups in total. The minimum atomic E-state index is -0.0282. The van der Waals surface area contributed by atoms with E-state index in [0.717, 1.165) is 76.3 Å². The average molecular weight is 574 g/mol. The van der Waals surface area contributed by atoms with E-state index in [1.165, 1.54) is 0 Å². The van der Waals surface area contributed by atoms with E-state index in [0.29, 0.717) is 19.6 Å². The van der Waals surface area contributed by atoms with Gasteiger partial charge in [-0.05, 0) is 79.9 Å². The van der Waals surface area contributed by atoms with Crippen LogP contribution in [0.2, 0.25) is 0 Å². The third-order valence-electron chi connectivity index (χ3n) is 6.63. The molecular weight excluding hydrogens is 534 g/mol. The summed E-state index contributed by atoms with van der Waals surface area (Å²) in [6.07, 6.45) is 5.65. The zero-order chi connectivity index (χ0) is 28.9. The van der Waals surface area contributed by atoms with Crippen molar-refractivity contribution < 1.29 is 14.3 Å². The number of carbonyl (C=O) groups excluding carboxylic acids is 1. The highest BCUT2D eigenvalue weighted by atomic mass is 32.2. The number of hydrogen-bond donors (Lipinski definition) is 2. The Balaban J connectivity index is 1.35. The molecule has 0 unspecified atom stereocenters. The molecule has 2 aromatic carbocycles. The second kappa shape index (κ2) is 15.7. The standard InChI is InChI=1S/C32H39N5O3S/c1-4-19-34-32(38)37(23-26-10-6-7-20-33-26)21-8-5-9-22-41-31-35-29(24-11-15-27(39-2)16-12-24)30(36-31)25-13-17-28(40-3)18-14-25/h6-7,10-18,20H,4-5,8-9,19,21-23H2,1-3H3,(H,34,38)(H,35,36). The number of H-pyrrole nitrogens is 1. The Kier molecular flexibility index (Phi) is 11.5. The first-order chi connectivity index (χ1) is 20.1. The summed E-state index contributed by atoms with van der Waals surface area (Å²) in [6.45, 7) is 3.94. The van der Waals surface area contributed by atoms with Gasteiger partial charge in [0.1, 0.15) is 11.5 Å². The lowest BCUT2D eigenvalue weighted by Gasteiger charge is -2.22. The number of nitrogens with one attached hydrogen (secondary N) is 2. The molecule has 0 atom stereocenters. The molecule has 0 saturated heterocycles. The minimum absolute atomic E-state index is 0.0282. The molecule has 0 aliphatic carbocycles. The second-order valence-corrected chi connectivity index (χ2v) is 10.7. The van der Waals surface area contributed by atoms with Crippen LogP contribution < -0.4 is 14.8 Å². The molecule has 0 fully saturated rings. The number of imidazole rings is 1. The van der Waals surface area contributed by atoms with Gasteiger partial charge in [0, 0.05) is 36.2 Å². The van der Waals surface area contributed by atoms with Crippen molar-refractivity contribution in [2.75, 3.05) is 33.1 Å². The summed E-state index contributed by atoms with van der Waals surface area (Å²) < 4.78 is 10.7. The maximum absolute atomic E-state index is 12.7. The van der Waals surface area contributed by atoms with Crippen LogP contribution in [0, 0.1) is 0 Å². The lowest BCUT2D eigenvalue weighted by atomic mass is 10.0. The van der Waals surface area contributed by atoms with Crippen LogP contribution in [0.3, 0.4) is 0 Å². The Bertz CT molecular complexity index is 1280. The van der Waals surface area contributed by atoms with Crippen LogP contribution in [0.5, 0.6) is 11.5 Å². The normalized spacial score (nSPS) is 10.8. The molecule has 0 bridgehead atoms. The summed E-state index contributed by atoms with van der Waals surface area (Å²) in [5.41, 5.74) is 4.85. The Labute approximate surface area is 246 Å². The maximum atomic E-state index is 12.7. The highest BCUT2D eigenvalue weighted by Crippen LogP contribution is 2.34. The molecule has 2 aromatic heterocycles. The van der Waals surface area contributed by atoms with Gasteiger partial charge < -0.3 is 24.7 Å². The summed E-state index contributed by atoms with van der Waals surface area (Å²) in [6, 6.07) is 21.7. The zero-order valence-corrected chi connectivity index (χ0v) is 24.9. The van der Waals surface area contributed by atoms with Gasteiger partial charge in [0.25, 0.3) is 0 Å². The van der Waals surface area contributed by atoms with E-state index >= 15 is 0 Å². The molecule has 0 aliphatic rings. The monoisotopic (exact) mass is 573 g/mol. The highest BCUT2D eigenvalue weighted by molar-refractivity contribution is 7.99. The van der Waals surface area contributed by atoms with Crippen LogP contribution in [0.4, 0.5) is 4.79 Å². The summed E-state index contributed by atoms with van der Waals surface area (Å²) >= 11 is 1.72. The lowest BCUT2D eigenvalue weighted by Crippen LogP contribution is -2.40. The quantitative estimate of drug-likeness (QED) is 0.117. The number of ether oxygens (including phenoxy) is 2. The van der Waals surface area contributed by atoms with E-state index in [9.17, 15) is 4.79 Å². The Hall–Kier alpha value is -3.98. The third kappa shape index (κ3) is 8.75. The molecule has 4 rings (SSSR count). The van der Waals surface area contributed by atoms with Crippen molar-refractivity contribution in [2.45, 2.75) is 44.3 Å². The highest BCUT2D eigenvalue weighted by Gasteiger charge is 2.16. The largest absolute Gasteiger partial charge is 0.497 e. The SMILES string of the molecule is CCCNC(=O)N(CCCCCSc1nc(-c2ccc(OC)cc2)c(-c2ccc(OC)cc2)[nH]1)Cc1ccccn1. The van der Waals surface area contributed by atoms with E-state index < -0.39 is 0 Å². The van der Waals surface area contributed by atoms with Crippen LogP contribution in [0.25, 0.3) is 22.5 Å². The van der Waals surface area contributed by atoms with Gasteiger partial charge in [-0.3, -0.25) is 4.98 Å². The number of nitrogens with zero attached hydrogens (tertiary/aromatic N) is 3. The molecule has 9 heteroatoms. The number of amides is 2. The summed E-state index contributed by atoms with van der Waals surface area (Å²) in [5, 5.41) is 3.89. The number of pyridine rings is 1. The number of unbranched alkanes of at least 4 members (excludes halogenated alkanes) is 2. The summed E-state index contributed by atoms with van der Waals surface area (Å²) in [4.78, 5) is 27.5. The predicted molar refractivity (Wildman–Crippen MR) is 165 cm³/mol. The van der Waals surface area contributed by atoms with Gasteiger partial charge >= 0.3 is 6.03 Å². The fourth-order valence-corrected chi connectivity index (χ4v) is 5.25. The minimum Gasteiger partial charge on any atom is -0.497 e. The van der Waals surface area contributed by atoms with Crippen molar-refractivity contribution >= 4 is 17.8 Å². The molecule has 41 heavy (non-hydrogen) atoms. The fourth-order valence-electron chi connectivity index (χ4n) is 4.38. The first-order valence-electron chi connectivity index (χ1n) is 14.1. The van der Waals surface area contributed by atoms with Crippen LogP contribution in [-0.2, 0) is 6.54 Å². The molecule has 2 amide bonds. The Morgan fingerprint density at radius 3 is 2.27 bits per heavy atom. The number of carbonyl (C=O) groups is 1. The number of thioether (sulfide) groups is 1. The first-order valence-corrected chi connectivity index (χ1v) is 15.0. The molecule has 2 heterocycles. The van der Waals surface area contributed by atoms with Gasteiger partial charge in [-0.1, -0.05) is 31.2 Å². The van der Waals surface area contributed by atoms with Crippen molar-refractivity contribution in [1.29, 1.82) is 0 Å². The van der Waals surface area contributed by atoms with Gasteiger partial charge in [0.15, 0.2) is 5.16 Å². The van der Waals surface area contributed by atoms with Crippen LogP contribution in [-0.4, -0.2) is 58.9 Å². The van der Waals surface area contributed by atoms with Gasteiger partial charge in [-0.25, -0.2) is 9.78 Å². The van der Waals surface area contributed by atoms with Gasteiger partial charge in [0.2, 0.25) is 0 Å². The van der Waals surface area contributed by atoms with Crippen molar-refractivity contribution in [1.82, 2.24) is 25.2 Å². The summed E-state index contributed by atoms with van der Waals surface area (Å²) in [7, 11) is 3.34. The molecule has 4 aromatic rings. The number of benzene rings is 2. The number of rotatable bonds is 15. The molecule has 216 valence electrons. The van der Waals surface area contributed by atoms with Crippen molar-refractivity contribution in [3.63, 3.8) is 0 Å². The lowest BCUT2D eigenvalue weighted by molar-refractivity contribution is 0.193. The number of methoxy groups -OCH3 is 2. The van der Waals surface area contributed by atoms with Crippen LogP contribution in [0.1, 0.15) is 38.3 Å². The maximum Gasteiger partial charge on any atom is 0.317 e. The molecule has 0 aliphatic heterocycles. The Morgan fingerprint density at radius 2 is 1.63 bits per heavy atom. The number of aromatic nitrogens is 3. The van der Waals surface area contributed by atoms with E-state index in [1.54, 1.807) is 32.2 Å². The molecule has 0 radical (unpaired) electrons. The number of urea groups is 1. The first kappa shape index (κ1) is 30.0. The molecule has 0 saturated carbocycles. The molecule has 0 spiro atoms. The van der Waals surface area contributed by atoms with Crippen molar-refractivity contribution in [3.05, 3.63) is 78.6 Å². The van der Waals surface area contributed by atoms with Crippen molar-refractivity contribution in [3.8, 4) is 34.0 Å². The van der Waals surface area contributed by atoms with Gasteiger partial charge in [-0.15, -0.1) is 0 Å². The van der Waals surface area contributed by atoms with Gasteiger partial charge in [0.05, 0.1) is 37.8 Å². The average Bonchev–Trinajstić information content (AvgIpc) is 3.45. The van der Waals surface area contributed by atoms with Crippen LogP contribution in [0.15, 0.2) is 78.1 Å². The molecule has 8 nitrogen and oxygen atoms in total. The number of aromatic amines is 1. The van der Waals surface area contributed by atoms with Crippen LogP contribution >= 0.6 is 11.8 Å². The van der Waals surface area contributed by atoms with E-state index in [4.69, 9.17) is 14.5 Å². The van der Waals surface area contributed by atoms with E-state index in [-0.39, 0.29) is 6.03 Å². The fraction of sp³-hybridized carbons (Fsp3) is 0.344. The predicted octanol–water partition coefficient (Wildman–Crippen LogP) is 7.04. The van der Waals surface area contributed by atoms with Gasteiger partial charge in [-0.2, -0.15) is 0 Å². The third-order valence-corrected chi connectivity index (χ3v) is 7.59. The number of hydrogen-bond acceptors (Lipinski definition) is 6. The summed E-state index contributed by atoms with van der Waals surface area (Å²) in [5.74, 6) is 2.56. The van der Waals surface area contributed by atoms with E-state index in [1.807, 2.05) is 71.6 Å². The smallest absolute Gasteiger partial charge is 0.317 e. The zero-order valence-electron chi connectivity index (χ0n) is 24.1. The van der Waals surface area contributed by atoms with E-state index in [2.05, 4.69) is 22.2 Å². The second-order valence-electron chi connectivity index (χ2n) is 9.61. The van der Waals surface area contributed by atoms with Crippen molar-refractivity contribution in [2.24, 2.45) is 0 Å². The Morgan fingerprint density at radius 1 is 0.927 bits per heavy atom. The topological polar surface area (TPSA) is 92.4 Å². The molecular formula is C32H39N5O3S.